The highest BCUT2D eigenvalue weighted by atomic mass is 19.4. The number of aromatic amines is 1. The molecule has 1 aliphatic rings. The molecule has 12 heteroatoms. The quantitative estimate of drug-likeness (QED) is 0.380. The van der Waals surface area contributed by atoms with Crippen LogP contribution in [0.4, 0.5) is 30.6 Å². The fourth-order valence-corrected chi connectivity index (χ4v) is 4.18. The summed E-state index contributed by atoms with van der Waals surface area (Å²) in [7, 11) is 2.11. The first-order valence-corrected chi connectivity index (χ1v) is 11.5. The number of hydrogen-bond acceptors (Lipinski definition) is 8. The molecule has 1 atom stereocenters. The Hall–Kier alpha value is -3.93. The Kier molecular flexibility index (Phi) is 6.12. The van der Waals surface area contributed by atoms with E-state index in [1.165, 1.54) is 6.20 Å². The van der Waals surface area contributed by atoms with E-state index in [9.17, 15) is 13.2 Å². The van der Waals surface area contributed by atoms with E-state index < -0.39 is 11.7 Å². The molecule has 1 aliphatic heterocycles. The number of nitrogen functional groups attached to an aromatic ring is 1. The summed E-state index contributed by atoms with van der Waals surface area (Å²) in [6, 6.07) is 4.89. The largest absolute Gasteiger partial charge is 0.417 e. The van der Waals surface area contributed by atoms with Crippen molar-refractivity contribution in [1.82, 2.24) is 29.8 Å². The van der Waals surface area contributed by atoms with Crippen molar-refractivity contribution >= 4 is 28.5 Å². The summed E-state index contributed by atoms with van der Waals surface area (Å²) in [5.41, 5.74) is 7.49. The summed E-state index contributed by atoms with van der Waals surface area (Å²) < 4.78 is 39.7. The monoisotopic (exact) mass is 497 g/mol. The number of aromatic nitrogens is 5. The zero-order valence-electron chi connectivity index (χ0n) is 19.8. The van der Waals surface area contributed by atoms with Gasteiger partial charge in [0.05, 0.1) is 23.5 Å². The van der Waals surface area contributed by atoms with Gasteiger partial charge < -0.3 is 25.8 Å². The lowest BCUT2D eigenvalue weighted by Gasteiger charge is -2.33. The van der Waals surface area contributed by atoms with Crippen LogP contribution in [0.15, 0.2) is 43.0 Å². The van der Waals surface area contributed by atoms with Crippen LogP contribution in [0.25, 0.3) is 22.3 Å². The molecule has 4 N–H and O–H groups in total. The predicted molar refractivity (Wildman–Crippen MR) is 133 cm³/mol. The molecule has 0 radical (unpaired) electrons. The highest BCUT2D eigenvalue weighted by Crippen LogP contribution is 2.35. The Morgan fingerprint density at radius 2 is 1.83 bits per heavy atom. The van der Waals surface area contributed by atoms with Gasteiger partial charge in [-0.3, -0.25) is 0 Å². The number of H-pyrrole nitrogens is 1. The summed E-state index contributed by atoms with van der Waals surface area (Å²) in [4.78, 5) is 24.7. The van der Waals surface area contributed by atoms with Crippen molar-refractivity contribution in [2.75, 3.05) is 49.2 Å². The first-order valence-electron chi connectivity index (χ1n) is 11.5. The first kappa shape index (κ1) is 23.8. The molecule has 5 heterocycles. The summed E-state index contributed by atoms with van der Waals surface area (Å²) in [6.45, 7) is 5.83. The highest BCUT2D eigenvalue weighted by molar-refractivity contribution is 5.95. The van der Waals surface area contributed by atoms with Crippen LogP contribution in [0.5, 0.6) is 0 Å². The second-order valence-electron chi connectivity index (χ2n) is 8.92. The lowest BCUT2D eigenvalue weighted by Crippen LogP contribution is -2.44. The Bertz CT molecular complexity index is 1360. The number of fused-ring (bicyclic) bond motifs is 1. The molecule has 9 nitrogen and oxygen atoms in total. The summed E-state index contributed by atoms with van der Waals surface area (Å²) in [6.07, 6.45) is 1.09. The molecule has 0 spiro atoms. The standard InChI is InChI=1S/C24H26F3N9/c1-14(15-3-4-20(29-10-15)36-7-5-35(2)6-8-36)33-23-32-13-19(28)21(34-23)18-12-31-22-17(18)9-16(11-30-22)24(25,26)27/h3-4,9-14H,5-8,28H2,1-2H3,(H,30,31)(H,32,33,34)/t14-/m0/s1. The van der Waals surface area contributed by atoms with Crippen LogP contribution >= 0.6 is 0 Å². The van der Waals surface area contributed by atoms with E-state index in [2.05, 4.69) is 47.1 Å². The minimum absolute atomic E-state index is 0.169. The van der Waals surface area contributed by atoms with E-state index in [0.29, 0.717) is 22.9 Å². The van der Waals surface area contributed by atoms with Crippen LogP contribution < -0.4 is 16.0 Å². The zero-order chi connectivity index (χ0) is 25.4. The molecular formula is C24H26F3N9. The molecule has 0 amide bonds. The lowest BCUT2D eigenvalue weighted by molar-refractivity contribution is -0.137. The molecule has 0 saturated carbocycles. The minimum atomic E-state index is -4.51. The van der Waals surface area contributed by atoms with Crippen molar-refractivity contribution in [2.24, 2.45) is 0 Å². The topological polar surface area (TPSA) is 112 Å². The van der Waals surface area contributed by atoms with Crippen molar-refractivity contribution in [3.05, 3.63) is 54.1 Å². The number of rotatable bonds is 5. The third-order valence-corrected chi connectivity index (χ3v) is 6.37. The molecule has 188 valence electrons. The van der Waals surface area contributed by atoms with Gasteiger partial charge in [0.25, 0.3) is 0 Å². The van der Waals surface area contributed by atoms with E-state index in [4.69, 9.17) is 5.73 Å². The number of halogens is 3. The molecule has 1 saturated heterocycles. The van der Waals surface area contributed by atoms with Crippen molar-refractivity contribution < 1.29 is 13.2 Å². The average molecular weight is 498 g/mol. The maximum absolute atomic E-state index is 13.2. The van der Waals surface area contributed by atoms with E-state index in [-0.39, 0.29) is 17.1 Å². The molecule has 0 unspecified atom stereocenters. The van der Waals surface area contributed by atoms with E-state index in [1.807, 2.05) is 25.3 Å². The number of nitrogens with zero attached hydrogens (tertiary/aromatic N) is 6. The number of nitrogens with two attached hydrogens (primary N) is 1. The molecule has 0 aromatic carbocycles. The molecule has 36 heavy (non-hydrogen) atoms. The van der Waals surface area contributed by atoms with Gasteiger partial charge in [-0.15, -0.1) is 0 Å². The third-order valence-electron chi connectivity index (χ3n) is 6.37. The first-order chi connectivity index (χ1) is 17.2. The van der Waals surface area contributed by atoms with Gasteiger partial charge in [-0.05, 0) is 31.7 Å². The maximum atomic E-state index is 13.2. The van der Waals surface area contributed by atoms with E-state index in [0.717, 1.165) is 49.8 Å². The SMILES string of the molecule is C[C@H](Nc1ncc(N)c(-c2c[nH]c3ncc(C(F)(F)F)cc23)n1)c1ccc(N2CCN(C)CC2)nc1. The zero-order valence-corrected chi connectivity index (χ0v) is 19.8. The molecule has 4 aromatic rings. The molecule has 4 aromatic heterocycles. The predicted octanol–water partition coefficient (Wildman–Crippen LogP) is 3.94. The van der Waals surface area contributed by atoms with Crippen LogP contribution in [0.2, 0.25) is 0 Å². The van der Waals surface area contributed by atoms with Crippen LogP contribution in [0.1, 0.15) is 24.1 Å². The second-order valence-corrected chi connectivity index (χ2v) is 8.92. The Morgan fingerprint density at radius 3 is 2.53 bits per heavy atom. The number of hydrogen-bond donors (Lipinski definition) is 3. The number of nitrogens with one attached hydrogen (secondary N) is 2. The molecular weight excluding hydrogens is 471 g/mol. The van der Waals surface area contributed by atoms with Crippen molar-refractivity contribution in [3.63, 3.8) is 0 Å². The van der Waals surface area contributed by atoms with Crippen LogP contribution in [-0.2, 0) is 6.18 Å². The number of likely N-dealkylation sites (N-methyl/N-ethyl adjacent to an activating group) is 1. The van der Waals surface area contributed by atoms with Gasteiger partial charge in [-0.25, -0.2) is 19.9 Å². The molecule has 0 aliphatic carbocycles. The van der Waals surface area contributed by atoms with Crippen LogP contribution in [0.3, 0.4) is 0 Å². The Morgan fingerprint density at radius 1 is 1.06 bits per heavy atom. The number of alkyl halides is 3. The van der Waals surface area contributed by atoms with Gasteiger partial charge >= 0.3 is 6.18 Å². The number of pyridine rings is 2. The average Bonchev–Trinajstić information content (AvgIpc) is 3.28. The van der Waals surface area contributed by atoms with Crippen molar-refractivity contribution in [2.45, 2.75) is 19.1 Å². The van der Waals surface area contributed by atoms with Gasteiger partial charge in [0, 0.05) is 55.7 Å². The van der Waals surface area contributed by atoms with E-state index >= 15 is 0 Å². The normalized spacial score (nSPS) is 15.9. The smallest absolute Gasteiger partial charge is 0.396 e. The Balaban J connectivity index is 1.37. The molecule has 0 bridgehead atoms. The second kappa shape index (κ2) is 9.26. The third kappa shape index (κ3) is 4.76. The van der Waals surface area contributed by atoms with Crippen molar-refractivity contribution in [3.8, 4) is 11.3 Å². The van der Waals surface area contributed by atoms with Gasteiger partial charge in [-0.2, -0.15) is 13.2 Å². The minimum Gasteiger partial charge on any atom is -0.396 e. The van der Waals surface area contributed by atoms with Gasteiger partial charge in [0.1, 0.15) is 17.2 Å². The van der Waals surface area contributed by atoms with Crippen molar-refractivity contribution in [1.29, 1.82) is 0 Å². The number of anilines is 3. The molecule has 5 rings (SSSR count). The van der Waals surface area contributed by atoms with Gasteiger partial charge in [0.15, 0.2) is 0 Å². The maximum Gasteiger partial charge on any atom is 0.417 e. The summed E-state index contributed by atoms with van der Waals surface area (Å²) in [5.74, 6) is 1.24. The van der Waals surface area contributed by atoms with Crippen LogP contribution in [-0.4, -0.2) is 63.0 Å². The fraction of sp³-hybridized carbons (Fsp3) is 0.333. The highest BCUT2D eigenvalue weighted by Gasteiger charge is 2.31. The fourth-order valence-electron chi connectivity index (χ4n) is 4.18. The summed E-state index contributed by atoms with van der Waals surface area (Å²) >= 11 is 0. The number of piperazine rings is 1. The molecule has 1 fully saturated rings. The Labute approximate surface area is 205 Å². The summed E-state index contributed by atoms with van der Waals surface area (Å²) in [5, 5.41) is 3.51. The van der Waals surface area contributed by atoms with E-state index in [1.54, 1.807) is 6.20 Å². The van der Waals surface area contributed by atoms with Gasteiger partial charge in [-0.1, -0.05) is 6.07 Å². The van der Waals surface area contributed by atoms with Crippen LogP contribution in [0, 0.1) is 0 Å². The lowest BCUT2D eigenvalue weighted by atomic mass is 10.1. The van der Waals surface area contributed by atoms with Gasteiger partial charge in [0.2, 0.25) is 5.95 Å².